The van der Waals surface area contributed by atoms with Gasteiger partial charge in [0.25, 0.3) is 5.91 Å². The molecule has 2 amide bonds. The van der Waals surface area contributed by atoms with Crippen LogP contribution >= 0.6 is 0 Å². The Kier molecular flexibility index (Phi) is 5.74. The summed E-state index contributed by atoms with van der Waals surface area (Å²) in [7, 11) is 3.57. The minimum atomic E-state index is 0.0381. The summed E-state index contributed by atoms with van der Waals surface area (Å²) in [6.45, 7) is 2.18. The standard InChI is InChI=1S/C20H29N3O2/c1-22(2)19(24)14-23-11-9-18(10-12-23)21-20(25)17-8-7-15-5-3-4-6-16(15)13-17/h7-8,13,18H,3-6,9-12,14H2,1-2H3,(H,21,25). The number of aryl methyl sites for hydroxylation is 2. The molecule has 25 heavy (non-hydrogen) atoms. The number of carbonyl (C=O) groups is 2. The van der Waals surface area contributed by atoms with E-state index < -0.39 is 0 Å². The fourth-order valence-electron chi connectivity index (χ4n) is 3.71. The van der Waals surface area contributed by atoms with Gasteiger partial charge in [0.05, 0.1) is 6.54 Å². The number of likely N-dealkylation sites (tertiary alicyclic amines) is 1. The second-order valence-electron chi connectivity index (χ2n) is 7.50. The average molecular weight is 343 g/mol. The SMILES string of the molecule is CN(C)C(=O)CN1CCC(NC(=O)c2ccc3c(c2)CCCC3)CC1. The highest BCUT2D eigenvalue weighted by atomic mass is 16.2. The summed E-state index contributed by atoms with van der Waals surface area (Å²) < 4.78 is 0. The van der Waals surface area contributed by atoms with Crippen LogP contribution in [-0.4, -0.2) is 61.4 Å². The minimum absolute atomic E-state index is 0.0381. The van der Waals surface area contributed by atoms with Crippen LogP contribution < -0.4 is 5.32 Å². The fourth-order valence-corrected chi connectivity index (χ4v) is 3.71. The number of nitrogens with zero attached hydrogens (tertiary/aromatic N) is 2. The fraction of sp³-hybridized carbons (Fsp3) is 0.600. The van der Waals surface area contributed by atoms with E-state index in [-0.39, 0.29) is 17.9 Å². The molecule has 0 aromatic heterocycles. The van der Waals surface area contributed by atoms with Crippen molar-refractivity contribution in [2.45, 2.75) is 44.6 Å². The molecule has 0 spiro atoms. The van der Waals surface area contributed by atoms with Crippen molar-refractivity contribution in [1.82, 2.24) is 15.1 Å². The van der Waals surface area contributed by atoms with Crippen molar-refractivity contribution in [3.63, 3.8) is 0 Å². The highest BCUT2D eigenvalue weighted by Gasteiger charge is 2.23. The zero-order valence-electron chi connectivity index (χ0n) is 15.4. The lowest BCUT2D eigenvalue weighted by Gasteiger charge is -2.32. The zero-order chi connectivity index (χ0) is 17.8. The molecule has 2 aliphatic rings. The van der Waals surface area contributed by atoms with Crippen molar-refractivity contribution in [3.05, 3.63) is 34.9 Å². The maximum absolute atomic E-state index is 12.6. The van der Waals surface area contributed by atoms with E-state index in [9.17, 15) is 9.59 Å². The van der Waals surface area contributed by atoms with E-state index in [1.165, 1.54) is 24.0 Å². The van der Waals surface area contributed by atoms with Gasteiger partial charge in [0, 0.05) is 38.8 Å². The second kappa shape index (κ2) is 8.00. The normalized spacial score (nSPS) is 18.5. The van der Waals surface area contributed by atoms with Crippen LogP contribution in [0.4, 0.5) is 0 Å². The Balaban J connectivity index is 1.50. The third-order valence-electron chi connectivity index (χ3n) is 5.39. The van der Waals surface area contributed by atoms with Gasteiger partial charge in [-0.25, -0.2) is 0 Å². The molecule has 3 rings (SSSR count). The molecule has 1 N–H and O–H groups in total. The van der Waals surface area contributed by atoms with E-state index in [2.05, 4.69) is 22.3 Å². The quantitative estimate of drug-likeness (QED) is 0.908. The van der Waals surface area contributed by atoms with Crippen molar-refractivity contribution < 1.29 is 9.59 Å². The summed E-state index contributed by atoms with van der Waals surface area (Å²) in [5.41, 5.74) is 3.53. The summed E-state index contributed by atoms with van der Waals surface area (Å²) in [5.74, 6) is 0.174. The number of hydrogen-bond donors (Lipinski definition) is 1. The van der Waals surface area contributed by atoms with Crippen LogP contribution in [0, 0.1) is 0 Å². The van der Waals surface area contributed by atoms with Gasteiger partial charge in [0.1, 0.15) is 0 Å². The molecular formula is C20H29N3O2. The van der Waals surface area contributed by atoms with Gasteiger partial charge in [-0.1, -0.05) is 6.07 Å². The Bertz CT molecular complexity index is 634. The van der Waals surface area contributed by atoms with Crippen molar-refractivity contribution in [3.8, 4) is 0 Å². The number of piperidine rings is 1. The number of carbonyl (C=O) groups excluding carboxylic acids is 2. The predicted octanol–water partition coefficient (Wildman–Crippen LogP) is 1.85. The number of hydrogen-bond acceptors (Lipinski definition) is 3. The van der Waals surface area contributed by atoms with Gasteiger partial charge < -0.3 is 10.2 Å². The van der Waals surface area contributed by atoms with Gasteiger partial charge in [-0.05, 0) is 61.8 Å². The molecule has 0 unspecified atom stereocenters. The van der Waals surface area contributed by atoms with Crippen LogP contribution in [-0.2, 0) is 17.6 Å². The lowest BCUT2D eigenvalue weighted by Crippen LogP contribution is -2.47. The van der Waals surface area contributed by atoms with Crippen molar-refractivity contribution in [1.29, 1.82) is 0 Å². The molecule has 0 bridgehead atoms. The predicted molar refractivity (Wildman–Crippen MR) is 98.7 cm³/mol. The molecule has 1 fully saturated rings. The number of amides is 2. The van der Waals surface area contributed by atoms with Gasteiger partial charge in [-0.2, -0.15) is 0 Å². The third kappa shape index (κ3) is 4.60. The molecule has 136 valence electrons. The molecule has 1 aromatic rings. The zero-order valence-corrected chi connectivity index (χ0v) is 15.4. The first kappa shape index (κ1) is 17.9. The third-order valence-corrected chi connectivity index (χ3v) is 5.39. The largest absolute Gasteiger partial charge is 0.349 e. The molecule has 1 aromatic carbocycles. The highest BCUT2D eigenvalue weighted by Crippen LogP contribution is 2.22. The molecular weight excluding hydrogens is 314 g/mol. The maximum Gasteiger partial charge on any atom is 0.251 e. The molecule has 1 saturated heterocycles. The Labute approximate surface area is 150 Å². The van der Waals surface area contributed by atoms with Crippen LogP contribution in [0.15, 0.2) is 18.2 Å². The lowest BCUT2D eigenvalue weighted by atomic mass is 9.90. The molecule has 0 radical (unpaired) electrons. The number of benzene rings is 1. The summed E-state index contributed by atoms with van der Waals surface area (Å²) >= 11 is 0. The summed E-state index contributed by atoms with van der Waals surface area (Å²) in [5, 5.41) is 3.18. The van der Waals surface area contributed by atoms with E-state index in [0.29, 0.717) is 6.54 Å². The first-order valence-electron chi connectivity index (χ1n) is 9.38. The van der Waals surface area contributed by atoms with Crippen LogP contribution in [0.1, 0.15) is 47.2 Å². The van der Waals surface area contributed by atoms with Crippen molar-refractivity contribution in [2.24, 2.45) is 0 Å². The van der Waals surface area contributed by atoms with Crippen LogP contribution in [0.3, 0.4) is 0 Å². The van der Waals surface area contributed by atoms with Crippen molar-refractivity contribution >= 4 is 11.8 Å². The number of fused-ring (bicyclic) bond motifs is 1. The van der Waals surface area contributed by atoms with Gasteiger partial charge in [-0.3, -0.25) is 14.5 Å². The molecule has 0 saturated carbocycles. The Morgan fingerprint density at radius 3 is 2.48 bits per heavy atom. The molecule has 5 heteroatoms. The highest BCUT2D eigenvalue weighted by molar-refractivity contribution is 5.94. The number of nitrogens with one attached hydrogen (secondary N) is 1. The summed E-state index contributed by atoms with van der Waals surface area (Å²) in [4.78, 5) is 28.1. The first-order valence-corrected chi connectivity index (χ1v) is 9.38. The first-order chi connectivity index (χ1) is 12.0. The number of likely N-dealkylation sites (N-methyl/N-ethyl adjacent to an activating group) is 1. The summed E-state index contributed by atoms with van der Waals surface area (Å²) in [6, 6.07) is 6.37. The topological polar surface area (TPSA) is 52.7 Å². The van der Waals surface area contributed by atoms with Gasteiger partial charge in [-0.15, -0.1) is 0 Å². The van der Waals surface area contributed by atoms with Crippen LogP contribution in [0.5, 0.6) is 0 Å². The molecule has 1 heterocycles. The van der Waals surface area contributed by atoms with E-state index in [0.717, 1.165) is 44.3 Å². The molecule has 0 atom stereocenters. The minimum Gasteiger partial charge on any atom is -0.349 e. The lowest BCUT2D eigenvalue weighted by molar-refractivity contribution is -0.130. The van der Waals surface area contributed by atoms with Gasteiger partial charge in [0.2, 0.25) is 5.91 Å². The van der Waals surface area contributed by atoms with E-state index >= 15 is 0 Å². The van der Waals surface area contributed by atoms with E-state index in [1.54, 1.807) is 19.0 Å². The monoisotopic (exact) mass is 343 g/mol. The molecule has 1 aliphatic heterocycles. The second-order valence-corrected chi connectivity index (χ2v) is 7.50. The van der Waals surface area contributed by atoms with E-state index in [4.69, 9.17) is 0 Å². The van der Waals surface area contributed by atoms with Crippen LogP contribution in [0.2, 0.25) is 0 Å². The Morgan fingerprint density at radius 2 is 1.80 bits per heavy atom. The molecule has 5 nitrogen and oxygen atoms in total. The van der Waals surface area contributed by atoms with Gasteiger partial charge in [0.15, 0.2) is 0 Å². The maximum atomic E-state index is 12.6. The van der Waals surface area contributed by atoms with Gasteiger partial charge >= 0.3 is 0 Å². The summed E-state index contributed by atoms with van der Waals surface area (Å²) in [6.07, 6.45) is 6.51. The number of rotatable bonds is 4. The van der Waals surface area contributed by atoms with Crippen LogP contribution in [0.25, 0.3) is 0 Å². The smallest absolute Gasteiger partial charge is 0.251 e. The Hall–Kier alpha value is -1.88. The van der Waals surface area contributed by atoms with E-state index in [1.807, 2.05) is 6.07 Å². The van der Waals surface area contributed by atoms with Crippen molar-refractivity contribution in [2.75, 3.05) is 33.7 Å². The molecule has 1 aliphatic carbocycles. The average Bonchev–Trinajstić information content (AvgIpc) is 2.62. The Morgan fingerprint density at radius 1 is 1.12 bits per heavy atom.